The van der Waals surface area contributed by atoms with Crippen LogP contribution in [0.4, 0.5) is 5.69 Å². The van der Waals surface area contributed by atoms with Crippen molar-refractivity contribution in [3.05, 3.63) is 28.2 Å². The molecule has 1 amide bonds. The van der Waals surface area contributed by atoms with Gasteiger partial charge in [-0.3, -0.25) is 4.79 Å². The van der Waals surface area contributed by atoms with Gasteiger partial charge >= 0.3 is 0 Å². The first kappa shape index (κ1) is 15.5. The molecule has 19 heavy (non-hydrogen) atoms. The lowest BCUT2D eigenvalue weighted by atomic mass is 10.2. The maximum absolute atomic E-state index is 11.8. The van der Waals surface area contributed by atoms with Crippen molar-refractivity contribution < 1.29 is 4.79 Å². The number of hydrogen-bond acceptors (Lipinski definition) is 3. The first-order valence-electron chi connectivity index (χ1n) is 6.11. The van der Waals surface area contributed by atoms with E-state index >= 15 is 0 Å². The summed E-state index contributed by atoms with van der Waals surface area (Å²) < 4.78 is 0.885. The van der Waals surface area contributed by atoms with E-state index < -0.39 is 0 Å². The molecule has 0 saturated carbocycles. The van der Waals surface area contributed by atoms with Crippen LogP contribution in [0.15, 0.2) is 22.7 Å². The zero-order chi connectivity index (χ0) is 14.4. The monoisotopic (exact) mass is 323 g/mol. The van der Waals surface area contributed by atoms with Crippen molar-refractivity contribution >= 4 is 27.5 Å². The molecule has 0 spiro atoms. The second kappa shape index (κ2) is 7.15. The number of rotatable bonds is 5. The molecule has 5 heteroatoms. The van der Waals surface area contributed by atoms with E-state index in [1.54, 1.807) is 18.0 Å². The van der Waals surface area contributed by atoms with Crippen LogP contribution in [0.5, 0.6) is 0 Å². The minimum atomic E-state index is -0.0416. The van der Waals surface area contributed by atoms with Gasteiger partial charge in [0.15, 0.2) is 0 Å². The molecule has 0 saturated heterocycles. The van der Waals surface area contributed by atoms with E-state index in [0.717, 1.165) is 10.2 Å². The van der Waals surface area contributed by atoms with Crippen LogP contribution >= 0.6 is 15.9 Å². The van der Waals surface area contributed by atoms with E-state index in [1.807, 2.05) is 26.0 Å². The van der Waals surface area contributed by atoms with E-state index in [0.29, 0.717) is 18.0 Å². The summed E-state index contributed by atoms with van der Waals surface area (Å²) in [5.41, 5.74) is 1.30. The molecular formula is C14H18BrN3O. The number of nitrogens with zero attached hydrogens (tertiary/aromatic N) is 2. The van der Waals surface area contributed by atoms with Gasteiger partial charge in [0.2, 0.25) is 5.91 Å². The Kier molecular flexibility index (Phi) is 5.84. The van der Waals surface area contributed by atoms with Crippen LogP contribution in [0.1, 0.15) is 19.4 Å². The van der Waals surface area contributed by atoms with Gasteiger partial charge in [-0.1, -0.05) is 29.8 Å². The Hall–Kier alpha value is -1.54. The highest BCUT2D eigenvalue weighted by Gasteiger charge is 2.11. The van der Waals surface area contributed by atoms with Crippen LogP contribution < -0.4 is 10.2 Å². The largest absolute Gasteiger partial charge is 0.364 e. The summed E-state index contributed by atoms with van der Waals surface area (Å²) in [5, 5.41) is 11.9. The second-order valence-corrected chi connectivity index (χ2v) is 5.74. The van der Waals surface area contributed by atoms with Crippen LogP contribution in [-0.4, -0.2) is 26.0 Å². The van der Waals surface area contributed by atoms with Crippen LogP contribution in [0.3, 0.4) is 0 Å². The fraction of sp³-hybridized carbons (Fsp3) is 0.429. The predicted octanol–water partition coefficient (Wildman–Crippen LogP) is 2.53. The lowest BCUT2D eigenvalue weighted by molar-refractivity contribution is -0.119. The fourth-order valence-corrected chi connectivity index (χ4v) is 1.94. The molecule has 0 aliphatic rings. The van der Waals surface area contributed by atoms with E-state index in [4.69, 9.17) is 5.26 Å². The number of nitriles is 1. The minimum absolute atomic E-state index is 0.0416. The number of hydrogen-bond donors (Lipinski definition) is 1. The first-order valence-corrected chi connectivity index (χ1v) is 6.90. The summed E-state index contributed by atoms with van der Waals surface area (Å²) in [6, 6.07) is 7.53. The van der Waals surface area contributed by atoms with E-state index in [2.05, 4.69) is 27.3 Å². The molecular weight excluding hydrogens is 306 g/mol. The molecule has 0 heterocycles. The molecule has 0 fully saturated rings. The summed E-state index contributed by atoms with van der Waals surface area (Å²) >= 11 is 3.37. The Labute approximate surface area is 122 Å². The van der Waals surface area contributed by atoms with E-state index in [9.17, 15) is 4.79 Å². The molecule has 0 aliphatic heterocycles. The van der Waals surface area contributed by atoms with Gasteiger partial charge in [0.05, 0.1) is 17.8 Å². The van der Waals surface area contributed by atoms with Crippen LogP contribution in [0.2, 0.25) is 0 Å². The predicted molar refractivity (Wildman–Crippen MR) is 80.0 cm³/mol. The van der Waals surface area contributed by atoms with Crippen LogP contribution in [0.25, 0.3) is 0 Å². The zero-order valence-corrected chi connectivity index (χ0v) is 13.0. The fourth-order valence-electron chi connectivity index (χ4n) is 1.59. The third-order valence-corrected chi connectivity index (χ3v) is 3.07. The van der Waals surface area contributed by atoms with Gasteiger partial charge in [0.25, 0.3) is 0 Å². The quantitative estimate of drug-likeness (QED) is 0.905. The topological polar surface area (TPSA) is 56.1 Å². The summed E-state index contributed by atoms with van der Waals surface area (Å²) in [6.45, 7) is 4.99. The number of carbonyl (C=O) groups excluding carboxylic acids is 1. The van der Waals surface area contributed by atoms with Crippen molar-refractivity contribution in [3.8, 4) is 6.07 Å². The smallest absolute Gasteiger partial charge is 0.239 e. The standard InChI is InChI=1S/C14H18BrN3O/c1-10(2)8-17-14(19)9-18(3)13-6-12(15)5-4-11(13)7-16/h4-6,10H,8-9H2,1-3H3,(H,17,19). The average Bonchev–Trinajstić information content (AvgIpc) is 2.36. The van der Waals surface area contributed by atoms with Gasteiger partial charge in [0, 0.05) is 18.1 Å². The Bertz CT molecular complexity index is 494. The summed E-state index contributed by atoms with van der Waals surface area (Å²) in [6.07, 6.45) is 0. The lowest BCUT2D eigenvalue weighted by Crippen LogP contribution is -2.37. The molecule has 0 atom stereocenters. The molecule has 0 aromatic heterocycles. The number of likely N-dealkylation sites (N-methyl/N-ethyl adjacent to an activating group) is 1. The first-order chi connectivity index (χ1) is 8.93. The summed E-state index contributed by atoms with van der Waals surface area (Å²) in [5.74, 6) is 0.384. The highest BCUT2D eigenvalue weighted by atomic mass is 79.9. The van der Waals surface area contributed by atoms with Crippen molar-refractivity contribution in [2.24, 2.45) is 5.92 Å². The Morgan fingerprint density at radius 3 is 2.79 bits per heavy atom. The van der Waals surface area contributed by atoms with Crippen molar-refractivity contribution in [1.29, 1.82) is 5.26 Å². The average molecular weight is 324 g/mol. The van der Waals surface area contributed by atoms with Crippen LogP contribution in [-0.2, 0) is 4.79 Å². The normalized spacial score (nSPS) is 10.1. The Morgan fingerprint density at radius 1 is 1.53 bits per heavy atom. The molecule has 0 unspecified atom stereocenters. The highest BCUT2D eigenvalue weighted by molar-refractivity contribution is 9.10. The van der Waals surface area contributed by atoms with E-state index in [-0.39, 0.29) is 12.5 Å². The molecule has 0 bridgehead atoms. The molecule has 0 aliphatic carbocycles. The molecule has 1 N–H and O–H groups in total. The highest BCUT2D eigenvalue weighted by Crippen LogP contribution is 2.23. The maximum atomic E-state index is 11.8. The lowest BCUT2D eigenvalue weighted by Gasteiger charge is -2.20. The SMILES string of the molecule is CC(C)CNC(=O)CN(C)c1cc(Br)ccc1C#N. The van der Waals surface area contributed by atoms with Crippen molar-refractivity contribution in [2.75, 3.05) is 25.0 Å². The number of anilines is 1. The second-order valence-electron chi connectivity index (χ2n) is 4.83. The van der Waals surface area contributed by atoms with Gasteiger partial charge in [-0.05, 0) is 24.1 Å². The number of carbonyl (C=O) groups is 1. The molecule has 1 aromatic rings. The van der Waals surface area contributed by atoms with Crippen molar-refractivity contribution in [3.63, 3.8) is 0 Å². The number of amides is 1. The Balaban J connectivity index is 2.73. The zero-order valence-electron chi connectivity index (χ0n) is 11.4. The summed E-state index contributed by atoms with van der Waals surface area (Å²) in [4.78, 5) is 13.5. The van der Waals surface area contributed by atoms with Gasteiger partial charge < -0.3 is 10.2 Å². The third-order valence-electron chi connectivity index (χ3n) is 2.58. The molecule has 0 radical (unpaired) electrons. The molecule has 102 valence electrons. The van der Waals surface area contributed by atoms with E-state index in [1.165, 1.54) is 0 Å². The van der Waals surface area contributed by atoms with Gasteiger partial charge in [-0.25, -0.2) is 0 Å². The molecule has 1 aromatic carbocycles. The number of benzene rings is 1. The van der Waals surface area contributed by atoms with Gasteiger partial charge in [-0.15, -0.1) is 0 Å². The van der Waals surface area contributed by atoms with Crippen LogP contribution in [0, 0.1) is 17.2 Å². The molecule has 1 rings (SSSR count). The molecule has 4 nitrogen and oxygen atoms in total. The van der Waals surface area contributed by atoms with Crippen molar-refractivity contribution in [2.45, 2.75) is 13.8 Å². The Morgan fingerprint density at radius 2 is 2.21 bits per heavy atom. The number of halogens is 1. The maximum Gasteiger partial charge on any atom is 0.239 e. The van der Waals surface area contributed by atoms with Gasteiger partial charge in [-0.2, -0.15) is 5.26 Å². The summed E-state index contributed by atoms with van der Waals surface area (Å²) in [7, 11) is 1.80. The van der Waals surface area contributed by atoms with Crippen molar-refractivity contribution in [1.82, 2.24) is 5.32 Å². The number of nitrogens with one attached hydrogen (secondary N) is 1. The minimum Gasteiger partial charge on any atom is -0.364 e. The third kappa shape index (κ3) is 4.92. The van der Waals surface area contributed by atoms with Gasteiger partial charge in [0.1, 0.15) is 6.07 Å².